The molecule has 0 radical (unpaired) electrons. The van der Waals surface area contributed by atoms with Crippen LogP contribution in [0.1, 0.15) is 43.0 Å². The molecule has 0 aromatic heterocycles. The van der Waals surface area contributed by atoms with Gasteiger partial charge in [-0.1, -0.05) is 37.3 Å². The number of ketones is 1. The Bertz CT molecular complexity index is 382. The maximum absolute atomic E-state index is 12.3. The Labute approximate surface area is 114 Å². The summed E-state index contributed by atoms with van der Waals surface area (Å²) in [6, 6.07) is 9.35. The second-order valence-electron chi connectivity index (χ2n) is 4.95. The van der Waals surface area contributed by atoms with Gasteiger partial charge in [0.05, 0.1) is 12.7 Å². The summed E-state index contributed by atoms with van der Waals surface area (Å²) in [6.07, 6.45) is 3.86. The molecule has 0 N–H and O–H groups in total. The van der Waals surface area contributed by atoms with Crippen LogP contribution in [0.3, 0.4) is 0 Å². The molecule has 19 heavy (non-hydrogen) atoms. The fourth-order valence-electron chi connectivity index (χ4n) is 2.33. The zero-order chi connectivity index (χ0) is 13.5. The van der Waals surface area contributed by atoms with Gasteiger partial charge < -0.3 is 9.47 Å². The Balaban J connectivity index is 1.87. The van der Waals surface area contributed by atoms with Crippen LogP contribution in [-0.2, 0) is 9.47 Å². The van der Waals surface area contributed by atoms with Gasteiger partial charge in [-0.25, -0.2) is 0 Å². The molecule has 1 fully saturated rings. The molecule has 1 heterocycles. The summed E-state index contributed by atoms with van der Waals surface area (Å²) < 4.78 is 11.4. The molecule has 1 aromatic carbocycles. The molecule has 0 saturated carbocycles. The largest absolute Gasteiger partial charge is 0.376 e. The Morgan fingerprint density at radius 1 is 1.37 bits per heavy atom. The molecule has 2 unspecified atom stereocenters. The van der Waals surface area contributed by atoms with Gasteiger partial charge in [0.1, 0.15) is 6.10 Å². The van der Waals surface area contributed by atoms with Crippen LogP contribution in [0, 0.1) is 0 Å². The molecular weight excluding hydrogens is 240 g/mol. The van der Waals surface area contributed by atoms with E-state index in [-0.39, 0.29) is 18.0 Å². The van der Waals surface area contributed by atoms with Crippen molar-refractivity contribution < 1.29 is 14.3 Å². The average Bonchev–Trinajstić information content (AvgIpc) is 2.49. The van der Waals surface area contributed by atoms with Gasteiger partial charge in [0, 0.05) is 12.2 Å². The van der Waals surface area contributed by atoms with Crippen LogP contribution in [0.5, 0.6) is 0 Å². The Morgan fingerprint density at radius 3 is 2.79 bits per heavy atom. The third-order valence-electron chi connectivity index (χ3n) is 3.48. The average molecular weight is 262 g/mol. The lowest BCUT2D eigenvalue weighted by Gasteiger charge is -2.24. The van der Waals surface area contributed by atoms with E-state index in [1.165, 1.54) is 6.42 Å². The van der Waals surface area contributed by atoms with Crippen LogP contribution in [0.4, 0.5) is 0 Å². The zero-order valence-corrected chi connectivity index (χ0v) is 11.5. The molecule has 2 rings (SSSR count). The highest BCUT2D eigenvalue weighted by Crippen LogP contribution is 2.15. The number of benzene rings is 1. The summed E-state index contributed by atoms with van der Waals surface area (Å²) in [5.74, 6) is 0.0684. The molecule has 1 aliphatic heterocycles. The number of carbonyl (C=O) groups excluding carboxylic acids is 1. The second-order valence-corrected chi connectivity index (χ2v) is 4.95. The van der Waals surface area contributed by atoms with Crippen LogP contribution in [0.25, 0.3) is 0 Å². The third-order valence-corrected chi connectivity index (χ3v) is 3.48. The van der Waals surface area contributed by atoms with Gasteiger partial charge in [-0.05, 0) is 25.7 Å². The summed E-state index contributed by atoms with van der Waals surface area (Å²) in [5.41, 5.74) is 0.721. The van der Waals surface area contributed by atoms with Gasteiger partial charge >= 0.3 is 0 Å². The molecule has 1 aliphatic rings. The molecule has 0 amide bonds. The topological polar surface area (TPSA) is 35.5 Å². The van der Waals surface area contributed by atoms with Crippen LogP contribution < -0.4 is 0 Å². The van der Waals surface area contributed by atoms with Gasteiger partial charge in [0.25, 0.3) is 0 Å². The Hall–Kier alpha value is -1.19. The van der Waals surface area contributed by atoms with Crippen molar-refractivity contribution in [2.45, 2.75) is 44.8 Å². The summed E-state index contributed by atoms with van der Waals surface area (Å²) in [5, 5.41) is 0. The fraction of sp³-hybridized carbons (Fsp3) is 0.562. The minimum Gasteiger partial charge on any atom is -0.376 e. The van der Waals surface area contributed by atoms with Crippen LogP contribution in [0.2, 0.25) is 0 Å². The first-order valence-corrected chi connectivity index (χ1v) is 7.13. The van der Waals surface area contributed by atoms with E-state index in [4.69, 9.17) is 9.47 Å². The first-order chi connectivity index (χ1) is 9.31. The monoisotopic (exact) mass is 262 g/mol. The predicted octanol–water partition coefficient (Wildman–Crippen LogP) is 3.23. The number of rotatable bonds is 6. The smallest absolute Gasteiger partial charge is 0.191 e. The van der Waals surface area contributed by atoms with Crippen LogP contribution in [0.15, 0.2) is 30.3 Å². The van der Waals surface area contributed by atoms with Crippen LogP contribution in [-0.4, -0.2) is 31.2 Å². The van der Waals surface area contributed by atoms with Crippen molar-refractivity contribution in [1.82, 2.24) is 0 Å². The van der Waals surface area contributed by atoms with E-state index in [0.29, 0.717) is 13.0 Å². The third kappa shape index (κ3) is 4.15. The van der Waals surface area contributed by atoms with Crippen LogP contribution >= 0.6 is 0 Å². The van der Waals surface area contributed by atoms with Gasteiger partial charge in [0.15, 0.2) is 5.78 Å². The van der Waals surface area contributed by atoms with Gasteiger partial charge in [-0.15, -0.1) is 0 Å². The first-order valence-electron chi connectivity index (χ1n) is 7.13. The maximum atomic E-state index is 12.3. The highest BCUT2D eigenvalue weighted by molar-refractivity contribution is 5.99. The fourth-order valence-corrected chi connectivity index (χ4v) is 2.33. The molecule has 0 bridgehead atoms. The summed E-state index contributed by atoms with van der Waals surface area (Å²) in [6.45, 7) is 3.32. The lowest BCUT2D eigenvalue weighted by molar-refractivity contribution is -0.0563. The SMILES string of the molecule is CCC(OCC1CCCCO1)C(=O)c1ccccc1. The Kier molecular flexibility index (Phi) is 5.55. The van der Waals surface area contributed by atoms with Crippen molar-refractivity contribution in [3.8, 4) is 0 Å². The Morgan fingerprint density at radius 2 is 2.16 bits per heavy atom. The minimum atomic E-state index is -0.354. The normalized spacial score (nSPS) is 21.0. The number of hydrogen-bond acceptors (Lipinski definition) is 3. The molecule has 104 valence electrons. The lowest BCUT2D eigenvalue weighted by atomic mass is 10.0. The van der Waals surface area contributed by atoms with Crippen molar-refractivity contribution in [1.29, 1.82) is 0 Å². The van der Waals surface area contributed by atoms with Crippen molar-refractivity contribution in [2.24, 2.45) is 0 Å². The number of Topliss-reactive ketones (excluding diaryl/α,β-unsaturated/α-hetero) is 1. The van der Waals surface area contributed by atoms with Gasteiger partial charge in [-0.3, -0.25) is 4.79 Å². The summed E-state index contributed by atoms with van der Waals surface area (Å²) >= 11 is 0. The molecule has 0 aliphatic carbocycles. The van der Waals surface area contributed by atoms with Gasteiger partial charge in [-0.2, -0.15) is 0 Å². The molecule has 1 saturated heterocycles. The lowest BCUT2D eigenvalue weighted by Crippen LogP contribution is -2.31. The number of hydrogen-bond donors (Lipinski definition) is 0. The highest BCUT2D eigenvalue weighted by Gasteiger charge is 2.21. The van der Waals surface area contributed by atoms with E-state index in [1.54, 1.807) is 0 Å². The van der Waals surface area contributed by atoms with Gasteiger partial charge in [0.2, 0.25) is 0 Å². The molecule has 3 nitrogen and oxygen atoms in total. The van der Waals surface area contributed by atoms with E-state index in [0.717, 1.165) is 25.0 Å². The molecule has 2 atom stereocenters. The maximum Gasteiger partial charge on any atom is 0.191 e. The van der Waals surface area contributed by atoms with E-state index < -0.39 is 0 Å². The number of carbonyl (C=O) groups is 1. The van der Waals surface area contributed by atoms with Crippen molar-refractivity contribution in [2.75, 3.05) is 13.2 Å². The van der Waals surface area contributed by atoms with Crippen molar-refractivity contribution in [3.63, 3.8) is 0 Å². The van der Waals surface area contributed by atoms with E-state index in [1.807, 2.05) is 37.3 Å². The van der Waals surface area contributed by atoms with E-state index >= 15 is 0 Å². The predicted molar refractivity (Wildman–Crippen MR) is 74.4 cm³/mol. The van der Waals surface area contributed by atoms with Crippen molar-refractivity contribution >= 4 is 5.78 Å². The number of ether oxygens (including phenoxy) is 2. The highest BCUT2D eigenvalue weighted by atomic mass is 16.5. The first kappa shape index (κ1) is 14.2. The standard InChI is InChI=1S/C16H22O3/c1-2-15(16(17)13-8-4-3-5-9-13)19-12-14-10-6-7-11-18-14/h3-5,8-9,14-15H,2,6-7,10-12H2,1H3. The summed E-state index contributed by atoms with van der Waals surface area (Å²) in [4.78, 5) is 12.3. The molecule has 1 aromatic rings. The quantitative estimate of drug-likeness (QED) is 0.738. The van der Waals surface area contributed by atoms with Crippen molar-refractivity contribution in [3.05, 3.63) is 35.9 Å². The van der Waals surface area contributed by atoms with E-state index in [2.05, 4.69) is 0 Å². The zero-order valence-electron chi connectivity index (χ0n) is 11.5. The second kappa shape index (κ2) is 7.41. The summed E-state index contributed by atoms with van der Waals surface area (Å²) in [7, 11) is 0. The van der Waals surface area contributed by atoms with E-state index in [9.17, 15) is 4.79 Å². The molecule has 3 heteroatoms. The minimum absolute atomic E-state index is 0.0684. The molecule has 0 spiro atoms. The molecular formula is C16H22O3.